The monoisotopic (exact) mass is 326 g/mol. The van der Waals surface area contributed by atoms with Crippen molar-refractivity contribution in [2.75, 3.05) is 5.32 Å². The Bertz CT molecular complexity index is 717. The maximum atomic E-state index is 11.7. The van der Waals surface area contributed by atoms with Crippen LogP contribution in [0.2, 0.25) is 0 Å². The lowest BCUT2D eigenvalue weighted by Crippen LogP contribution is -2.23. The van der Waals surface area contributed by atoms with Gasteiger partial charge < -0.3 is 5.32 Å². The molecule has 2 aliphatic carbocycles. The molecular weight excluding hydrogens is 300 g/mol. The molecule has 0 bridgehead atoms. The first-order valence-corrected chi connectivity index (χ1v) is 9.42. The Balaban J connectivity index is 1.64. The van der Waals surface area contributed by atoms with Crippen molar-refractivity contribution in [3.63, 3.8) is 0 Å². The molecule has 5 heteroatoms. The van der Waals surface area contributed by atoms with Gasteiger partial charge >= 0.3 is 0 Å². The van der Waals surface area contributed by atoms with E-state index in [2.05, 4.69) is 20.5 Å². The first-order valence-electron chi connectivity index (χ1n) is 9.42. The van der Waals surface area contributed by atoms with E-state index in [1.54, 1.807) is 0 Å². The number of aromatic nitrogens is 3. The van der Waals surface area contributed by atoms with Crippen LogP contribution in [0.4, 0.5) is 5.82 Å². The van der Waals surface area contributed by atoms with Gasteiger partial charge in [-0.25, -0.2) is 4.98 Å². The van der Waals surface area contributed by atoms with E-state index in [1.165, 1.54) is 37.8 Å². The highest BCUT2D eigenvalue weighted by atomic mass is 16.1. The van der Waals surface area contributed by atoms with Crippen molar-refractivity contribution in [1.29, 1.82) is 0 Å². The zero-order valence-corrected chi connectivity index (χ0v) is 14.2. The average molecular weight is 326 g/mol. The highest BCUT2D eigenvalue weighted by molar-refractivity contribution is 5.92. The van der Waals surface area contributed by atoms with E-state index in [0.29, 0.717) is 24.2 Å². The number of hydrogen-bond acceptors (Lipinski definition) is 4. The van der Waals surface area contributed by atoms with E-state index in [9.17, 15) is 4.79 Å². The summed E-state index contributed by atoms with van der Waals surface area (Å²) in [5.74, 6) is 1.76. The van der Waals surface area contributed by atoms with Gasteiger partial charge in [0.2, 0.25) is 0 Å². The molecule has 0 saturated heterocycles. The van der Waals surface area contributed by atoms with Crippen LogP contribution in [-0.4, -0.2) is 27.0 Å². The maximum Gasteiger partial charge on any atom is 0.137 e. The molecule has 1 atom stereocenters. The van der Waals surface area contributed by atoms with Crippen LogP contribution in [0.15, 0.2) is 12.3 Å². The number of fused-ring (bicyclic) bond motifs is 1. The summed E-state index contributed by atoms with van der Waals surface area (Å²) in [6.07, 6.45) is 12.6. The molecule has 0 aliphatic heterocycles. The third-order valence-corrected chi connectivity index (χ3v) is 5.63. The minimum Gasteiger partial charge on any atom is -0.367 e. The predicted molar refractivity (Wildman–Crippen MR) is 95.2 cm³/mol. The fourth-order valence-corrected chi connectivity index (χ4v) is 4.27. The van der Waals surface area contributed by atoms with Gasteiger partial charge in [-0.1, -0.05) is 19.3 Å². The normalized spacial score (nSPS) is 23.3. The highest BCUT2D eigenvalue weighted by Crippen LogP contribution is 2.36. The van der Waals surface area contributed by atoms with Gasteiger partial charge in [0.05, 0.1) is 10.9 Å². The zero-order valence-electron chi connectivity index (χ0n) is 14.2. The molecule has 0 spiro atoms. The fourth-order valence-electron chi connectivity index (χ4n) is 4.27. The fraction of sp³-hybridized carbons (Fsp3) is 0.632. The third-order valence-electron chi connectivity index (χ3n) is 5.63. The van der Waals surface area contributed by atoms with Crippen LogP contribution in [0.3, 0.4) is 0 Å². The number of nitrogens with zero attached hydrogens (tertiary/aromatic N) is 2. The molecular formula is C19H26N4O. The summed E-state index contributed by atoms with van der Waals surface area (Å²) in [7, 11) is 0. The predicted octanol–water partition coefficient (Wildman–Crippen LogP) is 4.32. The van der Waals surface area contributed by atoms with Crippen molar-refractivity contribution < 1.29 is 4.79 Å². The molecule has 0 radical (unpaired) electrons. The number of anilines is 1. The van der Waals surface area contributed by atoms with Gasteiger partial charge in [0.15, 0.2) is 0 Å². The number of carbonyl (C=O) groups excluding carboxylic acids is 1. The van der Waals surface area contributed by atoms with Crippen LogP contribution >= 0.6 is 0 Å². The van der Waals surface area contributed by atoms with Crippen molar-refractivity contribution in [3.8, 4) is 0 Å². The Morgan fingerprint density at radius 1 is 1.04 bits per heavy atom. The average Bonchev–Trinajstić information content (AvgIpc) is 2.92. The topological polar surface area (TPSA) is 70.7 Å². The second-order valence-corrected chi connectivity index (χ2v) is 7.34. The van der Waals surface area contributed by atoms with Crippen molar-refractivity contribution in [2.24, 2.45) is 0 Å². The number of nitrogens with one attached hydrogen (secondary N) is 2. The Morgan fingerprint density at radius 3 is 2.79 bits per heavy atom. The largest absolute Gasteiger partial charge is 0.367 e. The van der Waals surface area contributed by atoms with Gasteiger partial charge in [-0.3, -0.25) is 9.89 Å². The van der Waals surface area contributed by atoms with Gasteiger partial charge in [-0.15, -0.1) is 0 Å². The molecule has 4 rings (SSSR count). The number of Topliss-reactive ketones (excluding diaryl/α,β-unsaturated/α-hetero) is 1. The molecule has 0 amide bonds. The number of H-pyrrole nitrogens is 1. The Kier molecular flexibility index (Phi) is 4.50. The van der Waals surface area contributed by atoms with Gasteiger partial charge in [0, 0.05) is 36.7 Å². The SMILES string of the molecule is O=C1CCCC(c2[nH]nc3ccnc(NC4CCCCC4)c23)CC1. The Hall–Kier alpha value is -1.91. The number of pyridine rings is 1. The first kappa shape index (κ1) is 15.6. The van der Waals surface area contributed by atoms with Crippen LogP contribution in [0.5, 0.6) is 0 Å². The summed E-state index contributed by atoms with van der Waals surface area (Å²) in [5.41, 5.74) is 2.15. The molecule has 0 aromatic carbocycles. The molecule has 2 aromatic heterocycles. The summed E-state index contributed by atoms with van der Waals surface area (Å²) in [4.78, 5) is 16.4. The van der Waals surface area contributed by atoms with E-state index in [0.717, 1.165) is 42.4 Å². The maximum absolute atomic E-state index is 11.7. The molecule has 2 heterocycles. The van der Waals surface area contributed by atoms with Crippen molar-refractivity contribution in [2.45, 2.75) is 76.2 Å². The van der Waals surface area contributed by atoms with Gasteiger partial charge in [-0.05, 0) is 38.2 Å². The zero-order chi connectivity index (χ0) is 16.4. The van der Waals surface area contributed by atoms with Crippen molar-refractivity contribution in [3.05, 3.63) is 18.0 Å². The number of carbonyl (C=O) groups is 1. The van der Waals surface area contributed by atoms with Crippen LogP contribution in [0.25, 0.3) is 10.9 Å². The number of ketones is 1. The van der Waals surface area contributed by atoms with Crippen LogP contribution in [0.1, 0.15) is 75.8 Å². The molecule has 2 N–H and O–H groups in total. The Labute approximate surface area is 142 Å². The lowest BCUT2D eigenvalue weighted by atomic mass is 9.93. The molecule has 2 aromatic rings. The number of hydrogen-bond donors (Lipinski definition) is 2. The van der Waals surface area contributed by atoms with E-state index in [1.807, 2.05) is 12.3 Å². The summed E-state index contributed by atoms with van der Waals surface area (Å²) in [5, 5.41) is 12.6. The van der Waals surface area contributed by atoms with Crippen molar-refractivity contribution in [1.82, 2.24) is 15.2 Å². The van der Waals surface area contributed by atoms with Crippen LogP contribution in [0, 0.1) is 0 Å². The highest BCUT2D eigenvalue weighted by Gasteiger charge is 2.24. The first-order chi connectivity index (χ1) is 11.8. The summed E-state index contributed by atoms with van der Waals surface area (Å²) >= 11 is 0. The van der Waals surface area contributed by atoms with E-state index in [-0.39, 0.29) is 0 Å². The molecule has 128 valence electrons. The molecule has 5 nitrogen and oxygen atoms in total. The molecule has 2 saturated carbocycles. The smallest absolute Gasteiger partial charge is 0.137 e. The minimum atomic E-state index is 0.387. The van der Waals surface area contributed by atoms with E-state index >= 15 is 0 Å². The third kappa shape index (κ3) is 3.17. The van der Waals surface area contributed by atoms with Gasteiger partial charge in [0.1, 0.15) is 11.6 Å². The lowest BCUT2D eigenvalue weighted by molar-refractivity contribution is -0.118. The molecule has 24 heavy (non-hydrogen) atoms. The van der Waals surface area contributed by atoms with Crippen molar-refractivity contribution >= 4 is 22.5 Å². The lowest BCUT2D eigenvalue weighted by Gasteiger charge is -2.24. The quantitative estimate of drug-likeness (QED) is 0.824. The van der Waals surface area contributed by atoms with Gasteiger partial charge in [-0.2, -0.15) is 5.10 Å². The molecule has 2 aliphatic rings. The molecule has 2 fully saturated rings. The second kappa shape index (κ2) is 6.91. The summed E-state index contributed by atoms with van der Waals surface area (Å²) < 4.78 is 0. The standard InChI is InChI=1S/C19H26N4O/c24-15-8-4-5-13(9-10-15)18-17-16(22-23-18)11-12-20-19(17)21-14-6-2-1-3-7-14/h11-14H,1-10H2,(H,20,21)(H,22,23). The number of aromatic amines is 1. The Morgan fingerprint density at radius 2 is 1.92 bits per heavy atom. The number of rotatable bonds is 3. The summed E-state index contributed by atoms with van der Waals surface area (Å²) in [6, 6.07) is 2.50. The van der Waals surface area contributed by atoms with E-state index in [4.69, 9.17) is 0 Å². The van der Waals surface area contributed by atoms with Crippen LogP contribution < -0.4 is 5.32 Å². The van der Waals surface area contributed by atoms with E-state index < -0.39 is 0 Å². The minimum absolute atomic E-state index is 0.387. The van der Waals surface area contributed by atoms with Gasteiger partial charge in [0.25, 0.3) is 0 Å². The second-order valence-electron chi connectivity index (χ2n) is 7.34. The molecule has 1 unspecified atom stereocenters. The van der Waals surface area contributed by atoms with Crippen LogP contribution in [-0.2, 0) is 4.79 Å². The summed E-state index contributed by atoms with van der Waals surface area (Å²) in [6.45, 7) is 0.